The van der Waals surface area contributed by atoms with E-state index >= 15 is 0 Å². The van der Waals surface area contributed by atoms with Crippen LogP contribution in [0.25, 0.3) is 0 Å². The summed E-state index contributed by atoms with van der Waals surface area (Å²) in [7, 11) is 0. The molecular formula is C15H24N2S. The molecule has 1 unspecified atom stereocenters. The van der Waals surface area contributed by atoms with Gasteiger partial charge >= 0.3 is 0 Å². The van der Waals surface area contributed by atoms with Crippen LogP contribution in [0.1, 0.15) is 68.0 Å². The van der Waals surface area contributed by atoms with Crippen LogP contribution in [-0.2, 0) is 18.4 Å². The van der Waals surface area contributed by atoms with Crippen LogP contribution in [0, 0.1) is 0 Å². The van der Waals surface area contributed by atoms with E-state index in [9.17, 15) is 0 Å². The number of hydrogen-bond acceptors (Lipinski definition) is 3. The lowest BCUT2D eigenvalue weighted by atomic mass is 9.96. The van der Waals surface area contributed by atoms with Gasteiger partial charge < -0.3 is 5.32 Å². The van der Waals surface area contributed by atoms with Gasteiger partial charge in [-0.2, -0.15) is 0 Å². The van der Waals surface area contributed by atoms with E-state index in [0.717, 1.165) is 6.04 Å². The van der Waals surface area contributed by atoms with Gasteiger partial charge in [-0.05, 0) is 51.9 Å². The van der Waals surface area contributed by atoms with Gasteiger partial charge in [-0.3, -0.25) is 0 Å². The standard InChI is InChI=1S/C15H24N2S/c1-3-10-15(2,17-11-8-9-11)14-16-12-6-4-5-7-13(12)18-14/h11,17H,3-10H2,1-2H3. The fourth-order valence-electron chi connectivity index (χ4n) is 3.01. The number of fused-ring (bicyclic) bond motifs is 1. The normalized spacial score (nSPS) is 22.6. The van der Waals surface area contributed by atoms with Crippen LogP contribution in [0.15, 0.2) is 0 Å². The lowest BCUT2D eigenvalue weighted by Crippen LogP contribution is -2.40. The highest BCUT2D eigenvalue weighted by molar-refractivity contribution is 7.11. The van der Waals surface area contributed by atoms with Crippen LogP contribution >= 0.6 is 11.3 Å². The Morgan fingerprint density at radius 1 is 1.33 bits per heavy atom. The third kappa shape index (κ3) is 2.48. The van der Waals surface area contributed by atoms with Gasteiger partial charge in [-0.15, -0.1) is 11.3 Å². The molecule has 0 radical (unpaired) electrons. The summed E-state index contributed by atoms with van der Waals surface area (Å²) in [6.45, 7) is 4.64. The van der Waals surface area contributed by atoms with Crippen LogP contribution in [0.3, 0.4) is 0 Å². The van der Waals surface area contributed by atoms with Crippen molar-refractivity contribution in [2.75, 3.05) is 0 Å². The van der Waals surface area contributed by atoms with Gasteiger partial charge in [0.05, 0.1) is 11.2 Å². The van der Waals surface area contributed by atoms with Crippen LogP contribution < -0.4 is 5.32 Å². The van der Waals surface area contributed by atoms with Gasteiger partial charge in [0.2, 0.25) is 0 Å². The number of rotatable bonds is 5. The monoisotopic (exact) mass is 264 g/mol. The number of aromatic nitrogens is 1. The zero-order chi connectivity index (χ0) is 12.6. The van der Waals surface area contributed by atoms with Crippen molar-refractivity contribution >= 4 is 11.3 Å². The average molecular weight is 264 g/mol. The minimum absolute atomic E-state index is 0.123. The maximum atomic E-state index is 4.98. The van der Waals surface area contributed by atoms with Gasteiger partial charge in [0, 0.05) is 10.9 Å². The van der Waals surface area contributed by atoms with Crippen LogP contribution in [0.2, 0.25) is 0 Å². The molecule has 1 aromatic heterocycles. The molecule has 3 heteroatoms. The molecule has 0 aliphatic heterocycles. The molecular weight excluding hydrogens is 240 g/mol. The highest BCUT2D eigenvalue weighted by atomic mass is 32.1. The molecule has 100 valence electrons. The Morgan fingerprint density at radius 3 is 2.78 bits per heavy atom. The first-order valence-corrected chi connectivity index (χ1v) is 8.29. The molecule has 1 fully saturated rings. The van der Waals surface area contributed by atoms with Crippen molar-refractivity contribution in [2.45, 2.75) is 76.8 Å². The van der Waals surface area contributed by atoms with Gasteiger partial charge in [0.25, 0.3) is 0 Å². The second-order valence-electron chi connectivity index (χ2n) is 6.10. The lowest BCUT2D eigenvalue weighted by molar-refractivity contribution is 0.331. The van der Waals surface area contributed by atoms with Crippen LogP contribution in [0.5, 0.6) is 0 Å². The molecule has 1 N–H and O–H groups in total. The summed E-state index contributed by atoms with van der Waals surface area (Å²) in [5.41, 5.74) is 1.53. The SMILES string of the molecule is CCCC(C)(NC1CC1)c1nc2c(s1)CCCC2. The topological polar surface area (TPSA) is 24.9 Å². The average Bonchev–Trinajstić information content (AvgIpc) is 3.05. The number of nitrogens with one attached hydrogen (secondary N) is 1. The Labute approximate surface area is 114 Å². The van der Waals surface area contributed by atoms with Gasteiger partial charge in [-0.1, -0.05) is 13.3 Å². The summed E-state index contributed by atoms with van der Waals surface area (Å²) >= 11 is 1.98. The first kappa shape index (κ1) is 12.6. The van der Waals surface area contributed by atoms with E-state index in [1.54, 1.807) is 4.88 Å². The minimum Gasteiger partial charge on any atom is -0.303 e. The zero-order valence-electron chi connectivity index (χ0n) is 11.6. The molecule has 1 saturated carbocycles. The van der Waals surface area contributed by atoms with Crippen molar-refractivity contribution in [1.29, 1.82) is 0 Å². The Balaban J connectivity index is 1.86. The molecule has 0 spiro atoms. The van der Waals surface area contributed by atoms with E-state index in [4.69, 9.17) is 4.98 Å². The van der Waals surface area contributed by atoms with Crippen molar-refractivity contribution in [3.05, 3.63) is 15.6 Å². The Bertz CT molecular complexity index is 399. The highest BCUT2D eigenvalue weighted by Crippen LogP contribution is 2.37. The molecule has 2 aliphatic rings. The Morgan fingerprint density at radius 2 is 2.11 bits per heavy atom. The van der Waals surface area contributed by atoms with Crippen molar-refractivity contribution in [3.8, 4) is 0 Å². The predicted octanol–water partition coefficient (Wildman–Crippen LogP) is 3.79. The fraction of sp³-hybridized carbons (Fsp3) is 0.800. The molecule has 0 saturated heterocycles. The van der Waals surface area contributed by atoms with E-state index in [2.05, 4.69) is 19.2 Å². The van der Waals surface area contributed by atoms with E-state index in [1.807, 2.05) is 11.3 Å². The Hall–Kier alpha value is -0.410. The van der Waals surface area contributed by atoms with Gasteiger partial charge in [-0.25, -0.2) is 4.98 Å². The van der Waals surface area contributed by atoms with Crippen molar-refractivity contribution in [1.82, 2.24) is 10.3 Å². The van der Waals surface area contributed by atoms with Crippen molar-refractivity contribution < 1.29 is 0 Å². The molecule has 0 aromatic carbocycles. The number of hydrogen-bond donors (Lipinski definition) is 1. The largest absolute Gasteiger partial charge is 0.303 e. The fourth-order valence-corrected chi connectivity index (χ4v) is 4.29. The summed E-state index contributed by atoms with van der Waals surface area (Å²) in [6, 6.07) is 0.752. The van der Waals surface area contributed by atoms with E-state index in [1.165, 1.54) is 62.1 Å². The van der Waals surface area contributed by atoms with Crippen LogP contribution in [0.4, 0.5) is 0 Å². The second kappa shape index (κ2) is 4.93. The van der Waals surface area contributed by atoms with E-state index in [0.29, 0.717) is 0 Å². The van der Waals surface area contributed by atoms with Crippen LogP contribution in [-0.4, -0.2) is 11.0 Å². The quantitative estimate of drug-likeness (QED) is 0.875. The van der Waals surface area contributed by atoms with Gasteiger partial charge in [0.1, 0.15) is 5.01 Å². The maximum absolute atomic E-state index is 4.98. The molecule has 18 heavy (non-hydrogen) atoms. The molecule has 0 amide bonds. The minimum atomic E-state index is 0.123. The third-order valence-electron chi connectivity index (χ3n) is 4.17. The summed E-state index contributed by atoms with van der Waals surface area (Å²) < 4.78 is 0. The summed E-state index contributed by atoms with van der Waals surface area (Å²) in [5, 5.41) is 5.19. The number of thiazole rings is 1. The van der Waals surface area contributed by atoms with E-state index < -0.39 is 0 Å². The third-order valence-corrected chi connectivity index (χ3v) is 5.59. The van der Waals surface area contributed by atoms with Crippen molar-refractivity contribution in [3.63, 3.8) is 0 Å². The summed E-state index contributed by atoms with van der Waals surface area (Å²) in [5.74, 6) is 0. The number of aryl methyl sites for hydroxylation is 2. The predicted molar refractivity (Wildman–Crippen MR) is 77.2 cm³/mol. The molecule has 1 heterocycles. The van der Waals surface area contributed by atoms with Crippen molar-refractivity contribution in [2.24, 2.45) is 0 Å². The smallest absolute Gasteiger partial charge is 0.113 e. The zero-order valence-corrected chi connectivity index (χ0v) is 12.4. The molecule has 1 aromatic rings. The second-order valence-corrected chi connectivity index (χ2v) is 7.18. The summed E-state index contributed by atoms with van der Waals surface area (Å²) in [6.07, 6.45) is 10.3. The maximum Gasteiger partial charge on any atom is 0.113 e. The molecule has 0 bridgehead atoms. The highest BCUT2D eigenvalue weighted by Gasteiger charge is 2.36. The summed E-state index contributed by atoms with van der Waals surface area (Å²) in [4.78, 5) is 6.54. The Kier molecular flexibility index (Phi) is 3.46. The first-order chi connectivity index (χ1) is 8.71. The van der Waals surface area contributed by atoms with Gasteiger partial charge in [0.15, 0.2) is 0 Å². The lowest BCUT2D eigenvalue weighted by Gasteiger charge is -2.28. The molecule has 1 atom stereocenters. The first-order valence-electron chi connectivity index (χ1n) is 7.48. The molecule has 2 aliphatic carbocycles. The van der Waals surface area contributed by atoms with E-state index in [-0.39, 0.29) is 5.54 Å². The number of nitrogens with zero attached hydrogens (tertiary/aromatic N) is 1. The molecule has 3 rings (SSSR count). The molecule has 2 nitrogen and oxygen atoms in total.